The molecule has 0 saturated carbocycles. The third-order valence-electron chi connectivity index (χ3n) is 8.49. The summed E-state index contributed by atoms with van der Waals surface area (Å²) in [4.78, 5) is 15.5. The van der Waals surface area contributed by atoms with Gasteiger partial charge in [0.15, 0.2) is 12.4 Å². The van der Waals surface area contributed by atoms with Gasteiger partial charge in [-0.15, -0.1) is 0 Å². The summed E-state index contributed by atoms with van der Waals surface area (Å²) in [6.45, 7) is 10.2. The van der Waals surface area contributed by atoms with Gasteiger partial charge in [0.05, 0.1) is 18.7 Å². The van der Waals surface area contributed by atoms with E-state index in [1.54, 1.807) is 0 Å². The highest BCUT2D eigenvalue weighted by molar-refractivity contribution is 6.05. The van der Waals surface area contributed by atoms with Crippen LogP contribution >= 0.6 is 0 Å². The van der Waals surface area contributed by atoms with Crippen molar-refractivity contribution in [2.24, 2.45) is 7.05 Å². The largest absolute Gasteiger partial charge is 0.493 e. The Balaban J connectivity index is 1.49. The van der Waals surface area contributed by atoms with E-state index in [1.807, 2.05) is 71.4 Å². The molecule has 0 N–H and O–H groups in total. The summed E-state index contributed by atoms with van der Waals surface area (Å²) >= 11 is 0. The summed E-state index contributed by atoms with van der Waals surface area (Å²) in [6, 6.07) is 20.2. The number of amides is 1. The van der Waals surface area contributed by atoms with Gasteiger partial charge in [0.1, 0.15) is 12.8 Å². The summed E-state index contributed by atoms with van der Waals surface area (Å²) < 4.78 is 8.30. The van der Waals surface area contributed by atoms with E-state index in [2.05, 4.69) is 45.9 Å². The van der Waals surface area contributed by atoms with Crippen LogP contribution in [0.5, 0.6) is 5.75 Å². The Morgan fingerprint density at radius 3 is 1.82 bits per heavy atom. The molecule has 44 heavy (non-hydrogen) atoms. The number of anilines is 1. The molecule has 0 saturated heterocycles. The van der Waals surface area contributed by atoms with E-state index in [1.165, 1.54) is 89.0 Å². The van der Waals surface area contributed by atoms with E-state index >= 15 is 0 Å². The Morgan fingerprint density at radius 1 is 0.727 bits per heavy atom. The molecular formula is C40H59N2O2+. The predicted molar refractivity (Wildman–Crippen MR) is 186 cm³/mol. The molecule has 2 aromatic carbocycles. The second-order valence-electron chi connectivity index (χ2n) is 13.5. The first kappa shape index (κ1) is 35.3. The van der Waals surface area contributed by atoms with Gasteiger partial charge in [0.25, 0.3) is 5.91 Å². The number of hydrogen-bond acceptors (Lipinski definition) is 2. The SMILES string of the molecule is CCCCCCCCCCCCCCCCOc1ccc(CN(C(=O)c2cc[n+](C)cc2)c2ccccc2)cc1C(C)(C)C. The third-order valence-corrected chi connectivity index (χ3v) is 8.49. The number of unbranched alkanes of at least 4 members (excludes halogenated alkanes) is 13. The van der Waals surface area contributed by atoms with Crippen molar-refractivity contribution in [2.75, 3.05) is 11.5 Å². The zero-order chi connectivity index (χ0) is 31.6. The van der Waals surface area contributed by atoms with Crippen LogP contribution in [0.2, 0.25) is 0 Å². The van der Waals surface area contributed by atoms with E-state index in [9.17, 15) is 4.79 Å². The normalized spacial score (nSPS) is 11.5. The van der Waals surface area contributed by atoms with Crippen molar-refractivity contribution >= 4 is 11.6 Å². The Morgan fingerprint density at radius 2 is 1.27 bits per heavy atom. The molecule has 1 aromatic heterocycles. The highest BCUT2D eigenvalue weighted by Gasteiger charge is 2.23. The second-order valence-corrected chi connectivity index (χ2v) is 13.5. The van der Waals surface area contributed by atoms with Gasteiger partial charge >= 0.3 is 0 Å². The van der Waals surface area contributed by atoms with Crippen LogP contribution in [0.15, 0.2) is 73.1 Å². The van der Waals surface area contributed by atoms with Crippen molar-refractivity contribution in [3.8, 4) is 5.75 Å². The Labute approximate surface area is 268 Å². The van der Waals surface area contributed by atoms with E-state index in [0.29, 0.717) is 12.1 Å². The van der Waals surface area contributed by atoms with Crippen molar-refractivity contribution in [1.82, 2.24) is 0 Å². The lowest BCUT2D eigenvalue weighted by atomic mass is 9.85. The number of rotatable bonds is 20. The van der Waals surface area contributed by atoms with Gasteiger partial charge in [-0.25, -0.2) is 4.57 Å². The van der Waals surface area contributed by atoms with Gasteiger partial charge in [-0.05, 0) is 47.2 Å². The topological polar surface area (TPSA) is 33.4 Å². The molecule has 0 aliphatic rings. The number of aromatic nitrogens is 1. The molecule has 4 heteroatoms. The van der Waals surface area contributed by atoms with E-state index in [4.69, 9.17) is 4.74 Å². The number of nitrogens with zero attached hydrogens (tertiary/aromatic N) is 2. The Hall–Kier alpha value is -3.14. The zero-order valence-electron chi connectivity index (χ0n) is 28.5. The minimum atomic E-state index is -0.0728. The van der Waals surface area contributed by atoms with Crippen LogP contribution in [-0.2, 0) is 19.0 Å². The molecule has 4 nitrogen and oxygen atoms in total. The van der Waals surface area contributed by atoms with Gasteiger partial charge < -0.3 is 9.64 Å². The van der Waals surface area contributed by atoms with E-state index in [0.717, 1.165) is 30.0 Å². The summed E-state index contributed by atoms with van der Waals surface area (Å²) in [5, 5.41) is 0. The summed E-state index contributed by atoms with van der Waals surface area (Å²) in [5.41, 5.74) is 3.78. The number of carbonyl (C=O) groups excluding carboxylic acids is 1. The molecular weight excluding hydrogens is 540 g/mol. The molecule has 0 atom stereocenters. The number of para-hydroxylation sites is 1. The Bertz CT molecular complexity index is 1210. The van der Waals surface area contributed by atoms with E-state index in [-0.39, 0.29) is 11.3 Å². The predicted octanol–water partition coefficient (Wildman–Crippen LogP) is 10.5. The first-order valence-electron chi connectivity index (χ1n) is 17.4. The van der Waals surface area contributed by atoms with Crippen LogP contribution in [0.25, 0.3) is 0 Å². The Kier molecular flexibility index (Phi) is 15.5. The summed E-state index contributed by atoms with van der Waals surface area (Å²) in [6.07, 6.45) is 22.8. The molecule has 0 aliphatic carbocycles. The molecule has 0 bridgehead atoms. The van der Waals surface area contributed by atoms with Gasteiger partial charge in [0, 0.05) is 17.8 Å². The number of pyridine rings is 1. The van der Waals surface area contributed by atoms with Gasteiger partial charge in [-0.1, -0.05) is 135 Å². The standard InChI is InChI=1S/C40H59N2O2/c1-6-7-8-9-10-11-12-13-14-15-16-17-18-22-31-44-38-26-25-34(32-37(38)40(2,3)4)33-42(36-23-20-19-21-24-36)39(43)35-27-29-41(5)30-28-35/h19-21,23-30,32H,6-18,22,31,33H2,1-5H3/q+1. The van der Waals surface area contributed by atoms with Crippen molar-refractivity contribution < 1.29 is 14.1 Å². The number of carbonyl (C=O) groups is 1. The lowest BCUT2D eigenvalue weighted by Gasteiger charge is -2.26. The van der Waals surface area contributed by atoms with Crippen molar-refractivity contribution in [3.63, 3.8) is 0 Å². The van der Waals surface area contributed by atoms with Crippen molar-refractivity contribution in [1.29, 1.82) is 0 Å². The fraction of sp³-hybridized carbons (Fsp3) is 0.550. The fourth-order valence-electron chi connectivity index (χ4n) is 5.74. The molecule has 1 heterocycles. The minimum absolute atomic E-state index is 0.00719. The average Bonchev–Trinajstić information content (AvgIpc) is 3.02. The minimum Gasteiger partial charge on any atom is -0.493 e. The first-order valence-corrected chi connectivity index (χ1v) is 17.4. The lowest BCUT2D eigenvalue weighted by molar-refractivity contribution is -0.671. The van der Waals surface area contributed by atoms with Crippen molar-refractivity contribution in [3.05, 3.63) is 89.7 Å². The third kappa shape index (κ3) is 12.5. The van der Waals surface area contributed by atoms with Gasteiger partial charge in [-0.2, -0.15) is 0 Å². The number of benzene rings is 2. The average molecular weight is 600 g/mol. The van der Waals surface area contributed by atoms with Gasteiger partial charge in [-0.3, -0.25) is 4.79 Å². The lowest BCUT2D eigenvalue weighted by Crippen LogP contribution is -2.32. The molecule has 0 unspecified atom stereocenters. The van der Waals surface area contributed by atoms with Gasteiger partial charge in [0.2, 0.25) is 0 Å². The molecule has 0 fully saturated rings. The maximum Gasteiger partial charge on any atom is 0.259 e. The molecule has 0 spiro atoms. The van der Waals surface area contributed by atoms with Crippen LogP contribution in [0.4, 0.5) is 5.69 Å². The molecule has 3 rings (SSSR count). The maximum atomic E-state index is 13.7. The van der Waals surface area contributed by atoms with E-state index < -0.39 is 0 Å². The molecule has 0 radical (unpaired) electrons. The second kappa shape index (κ2) is 19.3. The highest BCUT2D eigenvalue weighted by atomic mass is 16.5. The van der Waals surface area contributed by atoms with Crippen LogP contribution in [0, 0.1) is 0 Å². The number of aryl methyl sites for hydroxylation is 1. The van der Waals surface area contributed by atoms with Crippen LogP contribution in [-0.4, -0.2) is 12.5 Å². The fourth-order valence-corrected chi connectivity index (χ4v) is 5.74. The summed E-state index contributed by atoms with van der Waals surface area (Å²) in [7, 11) is 1.96. The molecule has 0 aliphatic heterocycles. The monoisotopic (exact) mass is 599 g/mol. The maximum absolute atomic E-state index is 13.7. The number of hydrogen-bond donors (Lipinski definition) is 0. The van der Waals surface area contributed by atoms with Crippen LogP contribution < -0.4 is 14.2 Å². The van der Waals surface area contributed by atoms with Crippen LogP contribution in [0.1, 0.15) is 139 Å². The molecule has 1 amide bonds. The quantitative estimate of drug-likeness (QED) is 0.0956. The molecule has 3 aromatic rings. The van der Waals surface area contributed by atoms with Crippen molar-refractivity contribution in [2.45, 2.75) is 130 Å². The highest BCUT2D eigenvalue weighted by Crippen LogP contribution is 2.33. The summed E-state index contributed by atoms with van der Waals surface area (Å²) in [5.74, 6) is 0.955. The smallest absolute Gasteiger partial charge is 0.259 e. The van der Waals surface area contributed by atoms with Crippen LogP contribution in [0.3, 0.4) is 0 Å². The first-order chi connectivity index (χ1) is 21.3. The zero-order valence-corrected chi connectivity index (χ0v) is 28.5. The molecule has 240 valence electrons. The number of ether oxygens (including phenoxy) is 1.